The van der Waals surface area contributed by atoms with Gasteiger partial charge in [0.05, 0.1) is 5.02 Å². The number of halogens is 1. The predicted octanol–water partition coefficient (Wildman–Crippen LogP) is 3.46. The number of carbonyl (C=O) groups is 1. The largest absolute Gasteiger partial charge is 0.368 e. The molecule has 0 aromatic heterocycles. The number of amides is 1. The number of carbonyl (C=O) groups excluding carboxylic acids is 1. The Kier molecular flexibility index (Phi) is 5.97. The van der Waals surface area contributed by atoms with Gasteiger partial charge in [0.25, 0.3) is 0 Å². The van der Waals surface area contributed by atoms with Crippen molar-refractivity contribution in [1.82, 2.24) is 5.32 Å². The molecule has 3 nitrogen and oxygen atoms in total. The minimum absolute atomic E-state index is 0.199. The zero-order valence-corrected chi connectivity index (χ0v) is 14.0. The second-order valence-electron chi connectivity index (χ2n) is 5.52. The minimum Gasteiger partial charge on any atom is -0.368 e. The predicted molar refractivity (Wildman–Crippen MR) is 89.7 cm³/mol. The summed E-state index contributed by atoms with van der Waals surface area (Å²) in [4.78, 5) is 13.0. The van der Waals surface area contributed by atoms with E-state index in [2.05, 4.69) is 5.32 Å². The molecule has 1 aromatic carbocycles. The number of likely N-dealkylation sites (N-methyl/N-ethyl adjacent to an activating group) is 1. The van der Waals surface area contributed by atoms with Gasteiger partial charge in [0.1, 0.15) is 5.54 Å². The standard InChI is InChI=1S/C16H23ClN2OS/c1-2-19-16(15(18)20)10-5-6-12(16)9-11-21-14-8-4-3-7-13(14)17/h3-4,7-8,12,19H,2,5-6,9-11H2,1H3,(H2,18,20). The van der Waals surface area contributed by atoms with E-state index in [1.54, 1.807) is 11.8 Å². The summed E-state index contributed by atoms with van der Waals surface area (Å²) in [6.07, 6.45) is 3.97. The van der Waals surface area contributed by atoms with Gasteiger partial charge < -0.3 is 11.1 Å². The first-order valence-electron chi connectivity index (χ1n) is 7.52. The molecule has 1 aliphatic rings. The van der Waals surface area contributed by atoms with Gasteiger partial charge in [-0.15, -0.1) is 11.8 Å². The van der Waals surface area contributed by atoms with Crippen LogP contribution >= 0.6 is 23.4 Å². The van der Waals surface area contributed by atoms with E-state index >= 15 is 0 Å². The summed E-state index contributed by atoms with van der Waals surface area (Å²) >= 11 is 7.92. The third-order valence-electron chi connectivity index (χ3n) is 4.31. The molecule has 5 heteroatoms. The first-order valence-corrected chi connectivity index (χ1v) is 8.88. The van der Waals surface area contributed by atoms with Gasteiger partial charge in [0.2, 0.25) is 5.91 Å². The highest BCUT2D eigenvalue weighted by Gasteiger charge is 2.46. The molecule has 1 amide bonds. The van der Waals surface area contributed by atoms with Gasteiger partial charge in [-0.05, 0) is 49.6 Å². The Labute approximate surface area is 136 Å². The highest BCUT2D eigenvalue weighted by atomic mass is 35.5. The lowest BCUT2D eigenvalue weighted by molar-refractivity contribution is -0.125. The summed E-state index contributed by atoms with van der Waals surface area (Å²) in [7, 11) is 0. The summed E-state index contributed by atoms with van der Waals surface area (Å²) < 4.78 is 0. The van der Waals surface area contributed by atoms with Crippen LogP contribution in [0.1, 0.15) is 32.6 Å². The van der Waals surface area contributed by atoms with Crippen LogP contribution in [0.4, 0.5) is 0 Å². The Morgan fingerprint density at radius 1 is 1.52 bits per heavy atom. The van der Waals surface area contributed by atoms with Gasteiger partial charge >= 0.3 is 0 Å². The number of primary amides is 1. The van der Waals surface area contributed by atoms with Crippen LogP contribution in [0, 0.1) is 5.92 Å². The van der Waals surface area contributed by atoms with E-state index in [1.165, 1.54) is 0 Å². The molecule has 1 saturated carbocycles. The highest BCUT2D eigenvalue weighted by Crippen LogP contribution is 2.39. The molecule has 0 radical (unpaired) electrons. The fraction of sp³-hybridized carbons (Fsp3) is 0.562. The number of thioether (sulfide) groups is 1. The monoisotopic (exact) mass is 326 g/mol. The molecule has 0 heterocycles. The van der Waals surface area contributed by atoms with Crippen molar-refractivity contribution in [3.05, 3.63) is 29.3 Å². The van der Waals surface area contributed by atoms with Crippen LogP contribution in [0.25, 0.3) is 0 Å². The van der Waals surface area contributed by atoms with Crippen LogP contribution in [0.5, 0.6) is 0 Å². The van der Waals surface area contributed by atoms with E-state index in [9.17, 15) is 4.79 Å². The van der Waals surface area contributed by atoms with E-state index in [4.69, 9.17) is 17.3 Å². The van der Waals surface area contributed by atoms with Gasteiger partial charge in [-0.1, -0.05) is 37.1 Å². The maximum Gasteiger partial charge on any atom is 0.238 e. The molecular weight excluding hydrogens is 304 g/mol. The average molecular weight is 327 g/mol. The third kappa shape index (κ3) is 3.74. The molecule has 0 aliphatic heterocycles. The minimum atomic E-state index is -0.504. The molecule has 1 fully saturated rings. The quantitative estimate of drug-likeness (QED) is 0.754. The van der Waals surface area contributed by atoms with Crippen molar-refractivity contribution in [2.75, 3.05) is 12.3 Å². The SMILES string of the molecule is CCNC1(C(N)=O)CCCC1CCSc1ccccc1Cl. The van der Waals surface area contributed by atoms with Crippen LogP contribution in [0.2, 0.25) is 5.02 Å². The topological polar surface area (TPSA) is 55.1 Å². The highest BCUT2D eigenvalue weighted by molar-refractivity contribution is 7.99. The maximum absolute atomic E-state index is 11.9. The lowest BCUT2D eigenvalue weighted by atomic mass is 9.84. The van der Waals surface area contributed by atoms with Crippen molar-refractivity contribution in [2.45, 2.75) is 43.0 Å². The normalized spacial score (nSPS) is 25.1. The molecule has 0 bridgehead atoms. The van der Waals surface area contributed by atoms with Crippen molar-refractivity contribution in [3.63, 3.8) is 0 Å². The molecule has 3 N–H and O–H groups in total. The van der Waals surface area contributed by atoms with E-state index < -0.39 is 5.54 Å². The molecule has 1 aromatic rings. The Balaban J connectivity index is 1.95. The van der Waals surface area contributed by atoms with Gasteiger partial charge in [0, 0.05) is 4.90 Å². The summed E-state index contributed by atoms with van der Waals surface area (Å²) in [5.74, 6) is 1.08. The molecule has 2 rings (SSSR count). The Hall–Kier alpha value is -0.710. The Morgan fingerprint density at radius 2 is 2.29 bits per heavy atom. The lowest BCUT2D eigenvalue weighted by Gasteiger charge is -2.33. The Morgan fingerprint density at radius 3 is 2.95 bits per heavy atom. The molecule has 21 heavy (non-hydrogen) atoms. The van der Waals surface area contributed by atoms with Crippen LogP contribution in [0.3, 0.4) is 0 Å². The first kappa shape index (κ1) is 16.7. The molecule has 116 valence electrons. The first-order chi connectivity index (χ1) is 10.1. The number of rotatable bonds is 7. The number of hydrogen-bond donors (Lipinski definition) is 2. The smallest absolute Gasteiger partial charge is 0.238 e. The van der Waals surface area contributed by atoms with E-state index in [-0.39, 0.29) is 5.91 Å². The van der Waals surface area contributed by atoms with Crippen LogP contribution < -0.4 is 11.1 Å². The average Bonchev–Trinajstić information content (AvgIpc) is 2.86. The maximum atomic E-state index is 11.9. The van der Waals surface area contributed by atoms with Crippen molar-refractivity contribution in [3.8, 4) is 0 Å². The van der Waals surface area contributed by atoms with E-state index in [0.717, 1.165) is 47.9 Å². The number of nitrogens with one attached hydrogen (secondary N) is 1. The van der Waals surface area contributed by atoms with Crippen LogP contribution in [-0.2, 0) is 4.79 Å². The summed E-state index contributed by atoms with van der Waals surface area (Å²) in [6.45, 7) is 2.80. The zero-order chi connectivity index (χ0) is 15.3. The summed E-state index contributed by atoms with van der Waals surface area (Å²) in [5, 5.41) is 4.15. The lowest BCUT2D eigenvalue weighted by Crippen LogP contribution is -2.57. The third-order valence-corrected chi connectivity index (χ3v) is 5.86. The summed E-state index contributed by atoms with van der Waals surface area (Å²) in [6, 6.07) is 7.88. The molecule has 2 atom stereocenters. The van der Waals surface area contributed by atoms with Crippen molar-refractivity contribution < 1.29 is 4.79 Å². The fourth-order valence-electron chi connectivity index (χ4n) is 3.30. The molecule has 1 aliphatic carbocycles. The van der Waals surface area contributed by atoms with Crippen LogP contribution in [0.15, 0.2) is 29.2 Å². The zero-order valence-electron chi connectivity index (χ0n) is 12.4. The number of hydrogen-bond acceptors (Lipinski definition) is 3. The van der Waals surface area contributed by atoms with E-state index in [0.29, 0.717) is 5.92 Å². The van der Waals surface area contributed by atoms with Gasteiger partial charge in [0.15, 0.2) is 0 Å². The van der Waals surface area contributed by atoms with E-state index in [1.807, 2.05) is 31.2 Å². The second kappa shape index (κ2) is 7.52. The van der Waals surface area contributed by atoms with Gasteiger partial charge in [-0.2, -0.15) is 0 Å². The number of nitrogens with two attached hydrogens (primary N) is 1. The van der Waals surface area contributed by atoms with Gasteiger partial charge in [-0.3, -0.25) is 4.79 Å². The van der Waals surface area contributed by atoms with Gasteiger partial charge in [-0.25, -0.2) is 0 Å². The fourth-order valence-corrected chi connectivity index (χ4v) is 4.60. The molecule has 0 saturated heterocycles. The second-order valence-corrected chi connectivity index (χ2v) is 7.07. The molecular formula is C16H23ClN2OS. The number of benzene rings is 1. The van der Waals surface area contributed by atoms with Crippen molar-refractivity contribution in [1.29, 1.82) is 0 Å². The summed E-state index contributed by atoms with van der Waals surface area (Å²) in [5.41, 5.74) is 5.18. The Bertz CT molecular complexity index is 497. The van der Waals surface area contributed by atoms with Crippen molar-refractivity contribution in [2.24, 2.45) is 11.7 Å². The molecule has 2 unspecified atom stereocenters. The molecule has 0 spiro atoms. The van der Waals surface area contributed by atoms with Crippen LogP contribution in [-0.4, -0.2) is 23.7 Å². The van der Waals surface area contributed by atoms with Crippen molar-refractivity contribution >= 4 is 29.3 Å².